The zero-order valence-electron chi connectivity index (χ0n) is 14.2. The predicted molar refractivity (Wildman–Crippen MR) is 96.5 cm³/mol. The topological polar surface area (TPSA) is 59.2 Å². The molecule has 0 saturated heterocycles. The molecule has 0 unspecified atom stereocenters. The van der Waals surface area contributed by atoms with Crippen molar-refractivity contribution in [3.05, 3.63) is 59.3 Å². The summed E-state index contributed by atoms with van der Waals surface area (Å²) in [7, 11) is 0. The van der Waals surface area contributed by atoms with Crippen LogP contribution in [0, 0.1) is 11.6 Å². The molecule has 0 fully saturated rings. The molecule has 2 aromatic carbocycles. The molecule has 1 aliphatic heterocycles. The molecule has 4 rings (SSSR count). The summed E-state index contributed by atoms with van der Waals surface area (Å²) in [4.78, 5) is 18.9. The van der Waals surface area contributed by atoms with Gasteiger partial charge in [0.05, 0.1) is 29.0 Å². The highest BCUT2D eigenvalue weighted by atomic mass is 19.1. The Balaban J connectivity index is 1.97. The van der Waals surface area contributed by atoms with E-state index in [1.807, 2.05) is 6.92 Å². The van der Waals surface area contributed by atoms with Crippen molar-refractivity contribution in [1.82, 2.24) is 9.88 Å². The molecule has 26 heavy (non-hydrogen) atoms. The van der Waals surface area contributed by atoms with Crippen molar-refractivity contribution in [3.8, 4) is 11.1 Å². The first kappa shape index (κ1) is 16.4. The maximum absolute atomic E-state index is 14.3. The summed E-state index contributed by atoms with van der Waals surface area (Å²) >= 11 is 0. The van der Waals surface area contributed by atoms with E-state index in [0.29, 0.717) is 46.5 Å². The predicted octanol–water partition coefficient (Wildman–Crippen LogP) is 4.13. The normalized spacial score (nSPS) is 13.5. The number of carbonyl (C=O) groups excluding carboxylic acids is 1. The number of nitrogens with two attached hydrogens (primary N) is 1. The Bertz CT molecular complexity index is 1050. The monoisotopic (exact) mass is 353 g/mol. The number of amides is 1. The number of pyridine rings is 1. The van der Waals surface area contributed by atoms with Gasteiger partial charge in [0, 0.05) is 23.1 Å². The number of anilines is 1. The molecule has 1 amide bonds. The van der Waals surface area contributed by atoms with Gasteiger partial charge in [0.25, 0.3) is 5.91 Å². The van der Waals surface area contributed by atoms with Crippen LogP contribution in [0.25, 0.3) is 22.0 Å². The molecular formula is C20H17F2N3O. The van der Waals surface area contributed by atoms with E-state index in [2.05, 4.69) is 4.98 Å². The fraction of sp³-hybridized carbons (Fsp3) is 0.200. The van der Waals surface area contributed by atoms with Crippen LogP contribution in [-0.2, 0) is 6.54 Å². The molecule has 0 atom stereocenters. The van der Waals surface area contributed by atoms with Gasteiger partial charge in [-0.25, -0.2) is 13.8 Å². The molecule has 2 heterocycles. The molecule has 0 aliphatic carbocycles. The van der Waals surface area contributed by atoms with E-state index >= 15 is 0 Å². The lowest BCUT2D eigenvalue weighted by Crippen LogP contribution is -2.24. The minimum Gasteiger partial charge on any atom is -0.397 e. The molecule has 2 N–H and O–H groups in total. The van der Waals surface area contributed by atoms with Crippen LogP contribution in [0.4, 0.5) is 14.5 Å². The van der Waals surface area contributed by atoms with E-state index in [4.69, 9.17) is 5.73 Å². The van der Waals surface area contributed by atoms with Crippen molar-refractivity contribution in [2.45, 2.75) is 19.9 Å². The average molecular weight is 353 g/mol. The van der Waals surface area contributed by atoms with E-state index in [9.17, 15) is 13.6 Å². The van der Waals surface area contributed by atoms with Crippen molar-refractivity contribution in [2.75, 3.05) is 12.3 Å². The van der Waals surface area contributed by atoms with Crippen LogP contribution < -0.4 is 5.73 Å². The molecule has 132 valence electrons. The minimum absolute atomic E-state index is 0.122. The zero-order chi connectivity index (χ0) is 18.4. The number of aromatic nitrogens is 1. The third-order valence-corrected chi connectivity index (χ3v) is 4.68. The van der Waals surface area contributed by atoms with Gasteiger partial charge in [0.1, 0.15) is 11.6 Å². The van der Waals surface area contributed by atoms with Crippen LogP contribution in [0.1, 0.15) is 29.4 Å². The largest absolute Gasteiger partial charge is 0.397 e. The Morgan fingerprint density at radius 1 is 1.19 bits per heavy atom. The van der Waals surface area contributed by atoms with E-state index in [-0.39, 0.29) is 11.5 Å². The van der Waals surface area contributed by atoms with Gasteiger partial charge < -0.3 is 10.6 Å². The van der Waals surface area contributed by atoms with Crippen molar-refractivity contribution in [2.24, 2.45) is 0 Å². The number of rotatable bonds is 3. The number of nitrogen functional groups attached to an aromatic ring is 1. The minimum atomic E-state index is -0.538. The zero-order valence-corrected chi connectivity index (χ0v) is 14.2. The fourth-order valence-electron chi connectivity index (χ4n) is 3.50. The van der Waals surface area contributed by atoms with E-state index in [0.717, 1.165) is 24.6 Å². The molecule has 1 aromatic heterocycles. The molecule has 4 nitrogen and oxygen atoms in total. The van der Waals surface area contributed by atoms with Crippen LogP contribution >= 0.6 is 0 Å². The van der Waals surface area contributed by atoms with Gasteiger partial charge in [-0.1, -0.05) is 25.1 Å². The lowest BCUT2D eigenvalue weighted by atomic mass is 9.98. The lowest BCUT2D eigenvalue weighted by molar-refractivity contribution is 0.0779. The summed E-state index contributed by atoms with van der Waals surface area (Å²) in [5.41, 5.74) is 8.67. The molecule has 0 radical (unpaired) electrons. The Kier molecular flexibility index (Phi) is 3.83. The summed E-state index contributed by atoms with van der Waals surface area (Å²) in [6.45, 7) is 2.99. The number of carbonyl (C=O) groups is 1. The van der Waals surface area contributed by atoms with Crippen molar-refractivity contribution in [1.29, 1.82) is 0 Å². The van der Waals surface area contributed by atoms with E-state index in [1.54, 1.807) is 23.1 Å². The third-order valence-electron chi connectivity index (χ3n) is 4.68. The van der Waals surface area contributed by atoms with Gasteiger partial charge in [0.15, 0.2) is 0 Å². The second-order valence-electron chi connectivity index (χ2n) is 6.40. The number of fused-ring (bicyclic) bond motifs is 2. The molecule has 0 bridgehead atoms. The highest BCUT2D eigenvalue weighted by Crippen LogP contribution is 2.37. The number of hydrogen-bond acceptors (Lipinski definition) is 3. The quantitative estimate of drug-likeness (QED) is 0.770. The van der Waals surface area contributed by atoms with Gasteiger partial charge in [-0.15, -0.1) is 0 Å². The highest BCUT2D eigenvalue weighted by Gasteiger charge is 2.32. The molecule has 0 spiro atoms. The van der Waals surface area contributed by atoms with Crippen molar-refractivity contribution < 1.29 is 13.6 Å². The summed E-state index contributed by atoms with van der Waals surface area (Å²) in [5, 5.41) is 0.566. The van der Waals surface area contributed by atoms with Gasteiger partial charge in [-0.2, -0.15) is 0 Å². The first-order valence-electron chi connectivity index (χ1n) is 8.47. The lowest BCUT2D eigenvalue weighted by Gasteiger charge is -2.13. The second-order valence-corrected chi connectivity index (χ2v) is 6.40. The van der Waals surface area contributed by atoms with Gasteiger partial charge in [-0.05, 0) is 24.6 Å². The van der Waals surface area contributed by atoms with Crippen LogP contribution in [0.5, 0.6) is 0 Å². The summed E-state index contributed by atoms with van der Waals surface area (Å²) in [6, 6.07) is 8.44. The number of para-hydroxylation sites is 1. The Hall–Kier alpha value is -3.02. The fourth-order valence-corrected chi connectivity index (χ4v) is 3.50. The molecule has 3 aromatic rings. The maximum atomic E-state index is 14.3. The number of nitrogens with zero attached hydrogens (tertiary/aromatic N) is 2. The average Bonchev–Trinajstić information content (AvgIpc) is 2.93. The van der Waals surface area contributed by atoms with Crippen LogP contribution in [0.2, 0.25) is 0 Å². The number of halogens is 2. The highest BCUT2D eigenvalue weighted by molar-refractivity contribution is 6.11. The van der Waals surface area contributed by atoms with Gasteiger partial charge in [-0.3, -0.25) is 4.79 Å². The maximum Gasteiger partial charge on any atom is 0.258 e. The van der Waals surface area contributed by atoms with Crippen molar-refractivity contribution in [3.63, 3.8) is 0 Å². The Labute approximate surface area is 149 Å². The van der Waals surface area contributed by atoms with E-state index in [1.165, 1.54) is 0 Å². The van der Waals surface area contributed by atoms with E-state index < -0.39 is 11.6 Å². The standard InChI is InChI=1S/C20H17F2N3O/c1-2-8-25-10-16-17(20(25)26)18(23)13-5-3-4-12(19(13)24-16)14-9-11(21)6-7-15(14)22/h3-7,9H,2,8,10H2,1H3,(H2,23,24). The Morgan fingerprint density at radius 2 is 2.00 bits per heavy atom. The summed E-state index contributed by atoms with van der Waals surface area (Å²) in [6.07, 6.45) is 0.832. The smallest absolute Gasteiger partial charge is 0.258 e. The number of hydrogen-bond donors (Lipinski definition) is 1. The Morgan fingerprint density at radius 3 is 2.77 bits per heavy atom. The first-order chi connectivity index (χ1) is 12.5. The third kappa shape index (κ3) is 2.41. The summed E-state index contributed by atoms with van der Waals surface area (Å²) in [5.74, 6) is -1.20. The van der Waals surface area contributed by atoms with Crippen LogP contribution in [0.15, 0.2) is 36.4 Å². The molecule has 6 heteroatoms. The molecule has 0 saturated carbocycles. The van der Waals surface area contributed by atoms with Gasteiger partial charge in [0.2, 0.25) is 0 Å². The first-order valence-corrected chi connectivity index (χ1v) is 8.47. The SMILES string of the molecule is CCCN1Cc2nc3c(-c4cc(F)ccc4F)cccc3c(N)c2C1=O. The van der Waals surface area contributed by atoms with Crippen molar-refractivity contribution >= 4 is 22.5 Å². The van der Waals surface area contributed by atoms with Gasteiger partial charge >= 0.3 is 0 Å². The van der Waals surface area contributed by atoms with Crippen LogP contribution in [-0.4, -0.2) is 22.3 Å². The molecular weight excluding hydrogens is 336 g/mol. The summed E-state index contributed by atoms with van der Waals surface area (Å²) < 4.78 is 28.0. The van der Waals surface area contributed by atoms with Crippen LogP contribution in [0.3, 0.4) is 0 Å². The number of benzene rings is 2. The second kappa shape index (κ2) is 6.05. The molecule has 1 aliphatic rings.